The maximum absolute atomic E-state index is 12.6. The van der Waals surface area contributed by atoms with Gasteiger partial charge in [-0.2, -0.15) is 0 Å². The zero-order valence-corrected chi connectivity index (χ0v) is 16.5. The summed E-state index contributed by atoms with van der Waals surface area (Å²) in [6.45, 7) is 4.90. The molecule has 2 heterocycles. The van der Waals surface area contributed by atoms with Gasteiger partial charge in [0.1, 0.15) is 0 Å². The predicted molar refractivity (Wildman–Crippen MR) is 105 cm³/mol. The fourth-order valence-corrected chi connectivity index (χ4v) is 4.42. The molecule has 0 aliphatic carbocycles. The van der Waals surface area contributed by atoms with Gasteiger partial charge in [-0.3, -0.25) is 9.59 Å². The van der Waals surface area contributed by atoms with E-state index >= 15 is 0 Å². The van der Waals surface area contributed by atoms with Crippen LogP contribution in [-0.2, 0) is 22.4 Å². The van der Waals surface area contributed by atoms with Gasteiger partial charge in [-0.15, -0.1) is 0 Å². The van der Waals surface area contributed by atoms with Gasteiger partial charge < -0.3 is 14.9 Å². The van der Waals surface area contributed by atoms with E-state index in [0.29, 0.717) is 19.4 Å². The molecule has 0 radical (unpaired) electrons. The molecule has 3 rings (SSSR count). The molecular weight excluding hydrogens is 340 g/mol. The Bertz CT molecular complexity index is 648. The van der Waals surface area contributed by atoms with Gasteiger partial charge in [-0.1, -0.05) is 31.2 Å². The van der Waals surface area contributed by atoms with Gasteiger partial charge in [0, 0.05) is 39.0 Å². The highest BCUT2D eigenvalue weighted by atomic mass is 16.3. The number of rotatable bonds is 6. The lowest BCUT2D eigenvalue weighted by Crippen LogP contribution is -2.52. The third kappa shape index (κ3) is 4.89. The maximum Gasteiger partial charge on any atom is 0.222 e. The van der Waals surface area contributed by atoms with Crippen molar-refractivity contribution in [3.63, 3.8) is 0 Å². The molecule has 0 aromatic heterocycles. The summed E-state index contributed by atoms with van der Waals surface area (Å²) in [5.41, 5.74) is 2.68. The van der Waals surface area contributed by atoms with Crippen LogP contribution in [0.2, 0.25) is 0 Å². The van der Waals surface area contributed by atoms with Crippen LogP contribution in [0.15, 0.2) is 24.3 Å². The van der Waals surface area contributed by atoms with Crippen molar-refractivity contribution in [3.8, 4) is 0 Å². The zero-order valence-electron chi connectivity index (χ0n) is 16.5. The Hall–Kier alpha value is -1.88. The lowest BCUT2D eigenvalue weighted by atomic mass is 9.72. The first-order valence-electron chi connectivity index (χ1n) is 10.3. The van der Waals surface area contributed by atoms with Crippen LogP contribution in [-0.4, -0.2) is 59.5 Å². The van der Waals surface area contributed by atoms with Crippen LogP contribution in [0.1, 0.15) is 50.2 Å². The minimum atomic E-state index is 0.0195. The van der Waals surface area contributed by atoms with Gasteiger partial charge in [-0.05, 0) is 48.6 Å². The minimum Gasteiger partial charge on any atom is -0.395 e. The largest absolute Gasteiger partial charge is 0.395 e. The maximum atomic E-state index is 12.6. The van der Waals surface area contributed by atoms with E-state index < -0.39 is 0 Å². The van der Waals surface area contributed by atoms with Gasteiger partial charge >= 0.3 is 0 Å². The van der Waals surface area contributed by atoms with E-state index in [9.17, 15) is 14.7 Å². The normalized spacial score (nSPS) is 19.6. The highest BCUT2D eigenvalue weighted by Crippen LogP contribution is 2.40. The van der Waals surface area contributed by atoms with E-state index in [1.165, 1.54) is 11.1 Å². The molecule has 5 nitrogen and oxygen atoms in total. The van der Waals surface area contributed by atoms with Crippen molar-refractivity contribution in [2.75, 3.05) is 32.8 Å². The Morgan fingerprint density at radius 2 is 1.78 bits per heavy atom. The summed E-state index contributed by atoms with van der Waals surface area (Å²) in [4.78, 5) is 28.4. The average molecular weight is 373 g/mol. The molecular formula is C22H32N2O3. The molecule has 2 aliphatic rings. The molecule has 1 aromatic rings. The summed E-state index contributed by atoms with van der Waals surface area (Å²) in [7, 11) is 0. The molecule has 1 spiro atoms. The Labute approximate surface area is 162 Å². The van der Waals surface area contributed by atoms with Gasteiger partial charge in [0.05, 0.1) is 6.61 Å². The summed E-state index contributed by atoms with van der Waals surface area (Å²) in [6, 6.07) is 8.55. The lowest BCUT2D eigenvalue weighted by molar-refractivity contribution is -0.143. The van der Waals surface area contributed by atoms with Crippen LogP contribution in [0.4, 0.5) is 0 Å². The Morgan fingerprint density at radius 3 is 2.41 bits per heavy atom. The van der Waals surface area contributed by atoms with E-state index in [4.69, 9.17) is 0 Å². The third-order valence-electron chi connectivity index (χ3n) is 6.35. The standard InChI is InChI=1S/C22H32N2O3/c1-2-18-3-5-19(6-4-18)7-8-20(26)23-13-11-22(12-14-23)10-9-21(27)24(17-22)15-16-25/h3-6,25H,2,7-17H2,1H3. The number of nitrogens with zero attached hydrogens (tertiary/aromatic N) is 2. The van der Waals surface area contributed by atoms with Crippen LogP contribution >= 0.6 is 0 Å². The number of piperidine rings is 2. The number of carbonyl (C=O) groups excluding carboxylic acids is 2. The number of aliphatic hydroxyl groups is 1. The van der Waals surface area contributed by atoms with Crippen LogP contribution < -0.4 is 0 Å². The smallest absolute Gasteiger partial charge is 0.222 e. The number of aryl methyl sites for hydroxylation is 2. The zero-order chi connectivity index (χ0) is 19.3. The average Bonchev–Trinajstić information content (AvgIpc) is 2.70. The van der Waals surface area contributed by atoms with Crippen LogP contribution in [0.5, 0.6) is 0 Å². The molecule has 2 aliphatic heterocycles. The SMILES string of the molecule is CCc1ccc(CCC(=O)N2CCC3(CCC(=O)N(CCO)C3)CC2)cc1. The molecule has 0 saturated carbocycles. The molecule has 2 amide bonds. The van der Waals surface area contributed by atoms with E-state index in [-0.39, 0.29) is 23.8 Å². The molecule has 148 valence electrons. The summed E-state index contributed by atoms with van der Waals surface area (Å²) in [5, 5.41) is 9.17. The van der Waals surface area contributed by atoms with E-state index in [1.807, 2.05) is 4.90 Å². The van der Waals surface area contributed by atoms with Gasteiger partial charge in [0.25, 0.3) is 0 Å². The highest BCUT2D eigenvalue weighted by molar-refractivity contribution is 5.78. The minimum absolute atomic E-state index is 0.0195. The Balaban J connectivity index is 1.48. The first kappa shape index (κ1) is 19.9. The van der Waals surface area contributed by atoms with Crippen LogP contribution in [0, 0.1) is 5.41 Å². The second-order valence-electron chi connectivity index (χ2n) is 8.09. The fourth-order valence-electron chi connectivity index (χ4n) is 4.42. The molecule has 5 heteroatoms. The van der Waals surface area contributed by atoms with E-state index in [2.05, 4.69) is 31.2 Å². The number of hydrogen-bond acceptors (Lipinski definition) is 3. The van der Waals surface area contributed by atoms with E-state index in [1.54, 1.807) is 4.90 Å². The summed E-state index contributed by atoms with van der Waals surface area (Å²) < 4.78 is 0. The molecule has 2 saturated heterocycles. The van der Waals surface area contributed by atoms with Crippen molar-refractivity contribution in [3.05, 3.63) is 35.4 Å². The molecule has 0 unspecified atom stereocenters. The predicted octanol–water partition coefficient (Wildman–Crippen LogP) is 2.41. The molecule has 27 heavy (non-hydrogen) atoms. The number of benzene rings is 1. The number of amides is 2. The van der Waals surface area contributed by atoms with Gasteiger partial charge in [0.2, 0.25) is 11.8 Å². The monoisotopic (exact) mass is 372 g/mol. The number of likely N-dealkylation sites (tertiary alicyclic amines) is 2. The quantitative estimate of drug-likeness (QED) is 0.834. The van der Waals surface area contributed by atoms with Crippen LogP contribution in [0.3, 0.4) is 0 Å². The third-order valence-corrected chi connectivity index (χ3v) is 6.35. The molecule has 0 bridgehead atoms. The Kier molecular flexibility index (Phi) is 6.53. The number of carbonyl (C=O) groups is 2. The van der Waals surface area contributed by atoms with Gasteiger partial charge in [-0.25, -0.2) is 0 Å². The summed E-state index contributed by atoms with van der Waals surface area (Å²) in [6.07, 6.45) is 5.80. The van der Waals surface area contributed by atoms with Crippen molar-refractivity contribution in [1.29, 1.82) is 0 Å². The van der Waals surface area contributed by atoms with Crippen molar-refractivity contribution in [1.82, 2.24) is 9.80 Å². The fraction of sp³-hybridized carbons (Fsp3) is 0.636. The molecule has 1 aromatic carbocycles. The Morgan fingerprint density at radius 1 is 1.11 bits per heavy atom. The van der Waals surface area contributed by atoms with Crippen LogP contribution in [0.25, 0.3) is 0 Å². The highest BCUT2D eigenvalue weighted by Gasteiger charge is 2.41. The number of β-amino-alcohol motifs (C(OH)–C–C–N with tert-alkyl or cyclic N) is 1. The second-order valence-corrected chi connectivity index (χ2v) is 8.09. The van der Waals surface area contributed by atoms with E-state index in [0.717, 1.165) is 51.7 Å². The van der Waals surface area contributed by atoms with Crippen molar-refractivity contribution in [2.24, 2.45) is 5.41 Å². The van der Waals surface area contributed by atoms with Crippen molar-refractivity contribution < 1.29 is 14.7 Å². The topological polar surface area (TPSA) is 60.9 Å². The van der Waals surface area contributed by atoms with Crippen molar-refractivity contribution in [2.45, 2.75) is 51.9 Å². The second kappa shape index (κ2) is 8.87. The molecule has 0 atom stereocenters. The van der Waals surface area contributed by atoms with Gasteiger partial charge in [0.15, 0.2) is 0 Å². The first-order chi connectivity index (χ1) is 13.0. The molecule has 1 N–H and O–H groups in total. The molecule has 2 fully saturated rings. The lowest BCUT2D eigenvalue weighted by Gasteiger charge is -2.47. The summed E-state index contributed by atoms with van der Waals surface area (Å²) >= 11 is 0. The number of aliphatic hydroxyl groups excluding tert-OH is 1. The first-order valence-corrected chi connectivity index (χ1v) is 10.3. The van der Waals surface area contributed by atoms with Crippen molar-refractivity contribution >= 4 is 11.8 Å². The summed E-state index contributed by atoms with van der Waals surface area (Å²) in [5.74, 6) is 0.394. The number of hydrogen-bond donors (Lipinski definition) is 1.